The standard InChI is InChI=1S/C20H23NO6/c1-12-15(13(2)27-21-12)11-25-18-9-8-14(10-19(18)24-3)20(23)26-17-7-5-4-6-16(17)22/h8-10,17H,4-7,11H2,1-3H3/t17-/m0/s1. The van der Waals surface area contributed by atoms with Gasteiger partial charge in [0.1, 0.15) is 12.4 Å². The molecule has 7 heteroatoms. The molecule has 0 radical (unpaired) electrons. The molecule has 0 N–H and O–H groups in total. The van der Waals surface area contributed by atoms with Crippen LogP contribution in [0.1, 0.15) is 53.1 Å². The highest BCUT2D eigenvalue weighted by molar-refractivity contribution is 5.93. The number of ketones is 1. The van der Waals surface area contributed by atoms with Gasteiger partial charge in [-0.15, -0.1) is 0 Å². The van der Waals surface area contributed by atoms with Gasteiger partial charge in [-0.05, 0) is 51.3 Å². The summed E-state index contributed by atoms with van der Waals surface area (Å²) in [6.45, 7) is 3.94. The molecule has 7 nitrogen and oxygen atoms in total. The van der Waals surface area contributed by atoms with Gasteiger partial charge in [0.05, 0.1) is 23.9 Å². The van der Waals surface area contributed by atoms with Gasteiger partial charge in [-0.3, -0.25) is 4.79 Å². The van der Waals surface area contributed by atoms with E-state index in [1.54, 1.807) is 18.2 Å². The van der Waals surface area contributed by atoms with E-state index in [-0.39, 0.29) is 12.4 Å². The monoisotopic (exact) mass is 373 g/mol. The van der Waals surface area contributed by atoms with Crippen molar-refractivity contribution in [2.24, 2.45) is 0 Å². The Bertz CT molecular complexity index is 821. The molecule has 1 fully saturated rings. The van der Waals surface area contributed by atoms with Crippen LogP contribution in [0.15, 0.2) is 22.7 Å². The van der Waals surface area contributed by atoms with E-state index in [1.807, 2.05) is 13.8 Å². The molecule has 0 amide bonds. The summed E-state index contributed by atoms with van der Waals surface area (Å²) in [6, 6.07) is 4.80. The molecule has 144 valence electrons. The topological polar surface area (TPSA) is 87.9 Å². The van der Waals surface area contributed by atoms with Crippen molar-refractivity contribution in [1.29, 1.82) is 0 Å². The van der Waals surface area contributed by atoms with Gasteiger partial charge in [-0.2, -0.15) is 0 Å². The van der Waals surface area contributed by atoms with Crippen LogP contribution < -0.4 is 9.47 Å². The smallest absolute Gasteiger partial charge is 0.338 e. The number of hydrogen-bond acceptors (Lipinski definition) is 7. The molecule has 1 aromatic carbocycles. The molecule has 27 heavy (non-hydrogen) atoms. The molecule has 2 aromatic rings. The van der Waals surface area contributed by atoms with E-state index in [2.05, 4.69) is 5.16 Å². The molecule has 0 aliphatic heterocycles. The van der Waals surface area contributed by atoms with Crippen molar-refractivity contribution in [2.45, 2.75) is 52.2 Å². The lowest BCUT2D eigenvalue weighted by molar-refractivity contribution is -0.129. The highest BCUT2D eigenvalue weighted by Crippen LogP contribution is 2.30. The van der Waals surface area contributed by atoms with Gasteiger partial charge in [0.2, 0.25) is 0 Å². The van der Waals surface area contributed by atoms with Crippen molar-refractivity contribution in [1.82, 2.24) is 5.16 Å². The summed E-state index contributed by atoms with van der Waals surface area (Å²) in [6.07, 6.45) is 2.16. The summed E-state index contributed by atoms with van der Waals surface area (Å²) >= 11 is 0. The molecule has 0 spiro atoms. The first kappa shape index (κ1) is 18.9. The van der Waals surface area contributed by atoms with Crippen molar-refractivity contribution in [2.75, 3.05) is 7.11 Å². The van der Waals surface area contributed by atoms with E-state index in [0.717, 1.165) is 24.1 Å². The maximum Gasteiger partial charge on any atom is 0.338 e. The van der Waals surface area contributed by atoms with Gasteiger partial charge in [0.15, 0.2) is 23.4 Å². The number of carbonyl (C=O) groups excluding carboxylic acids is 2. The molecule has 3 rings (SSSR count). The van der Waals surface area contributed by atoms with Gasteiger partial charge in [0.25, 0.3) is 0 Å². The maximum absolute atomic E-state index is 12.4. The molecule has 0 bridgehead atoms. The summed E-state index contributed by atoms with van der Waals surface area (Å²) in [4.78, 5) is 24.2. The second-order valence-electron chi connectivity index (χ2n) is 6.56. The van der Waals surface area contributed by atoms with E-state index >= 15 is 0 Å². The average molecular weight is 373 g/mol. The molecular weight excluding hydrogens is 350 g/mol. The number of Topliss-reactive ketones (excluding diaryl/α,β-unsaturated/α-hetero) is 1. The molecule has 1 saturated carbocycles. The van der Waals surface area contributed by atoms with Gasteiger partial charge >= 0.3 is 5.97 Å². The summed E-state index contributed by atoms with van der Waals surface area (Å²) in [5.41, 5.74) is 1.95. The Morgan fingerprint density at radius 1 is 1.26 bits per heavy atom. The number of rotatable bonds is 6. The predicted octanol–water partition coefficient (Wildman–Crippen LogP) is 3.55. The highest BCUT2D eigenvalue weighted by Gasteiger charge is 2.26. The second-order valence-corrected chi connectivity index (χ2v) is 6.56. The van der Waals surface area contributed by atoms with Crippen LogP contribution in [0.25, 0.3) is 0 Å². The number of carbonyl (C=O) groups is 2. The zero-order valence-corrected chi connectivity index (χ0v) is 15.7. The van der Waals surface area contributed by atoms with Gasteiger partial charge < -0.3 is 18.7 Å². The Hall–Kier alpha value is -2.83. The van der Waals surface area contributed by atoms with Crippen LogP contribution in [0.4, 0.5) is 0 Å². The van der Waals surface area contributed by atoms with Crippen molar-refractivity contribution in [3.05, 3.63) is 40.8 Å². The zero-order valence-electron chi connectivity index (χ0n) is 15.7. The molecule has 0 unspecified atom stereocenters. The molecule has 1 aliphatic rings. The number of methoxy groups -OCH3 is 1. The zero-order chi connectivity index (χ0) is 19.4. The molecule has 1 heterocycles. The van der Waals surface area contributed by atoms with E-state index in [9.17, 15) is 9.59 Å². The predicted molar refractivity (Wildman–Crippen MR) is 96.0 cm³/mol. The van der Waals surface area contributed by atoms with Gasteiger partial charge in [-0.25, -0.2) is 4.79 Å². The molecular formula is C20H23NO6. The number of benzene rings is 1. The van der Waals surface area contributed by atoms with E-state index in [4.69, 9.17) is 18.7 Å². The van der Waals surface area contributed by atoms with Crippen molar-refractivity contribution in [3.8, 4) is 11.5 Å². The minimum atomic E-state index is -0.646. The van der Waals surface area contributed by atoms with Crippen molar-refractivity contribution in [3.63, 3.8) is 0 Å². The number of hydrogen-bond donors (Lipinski definition) is 0. The minimum Gasteiger partial charge on any atom is -0.493 e. The first-order valence-electron chi connectivity index (χ1n) is 8.96. The Kier molecular flexibility index (Phi) is 5.78. The molecule has 1 aromatic heterocycles. The lowest BCUT2D eigenvalue weighted by Gasteiger charge is -2.20. The lowest BCUT2D eigenvalue weighted by Crippen LogP contribution is -2.30. The fourth-order valence-electron chi connectivity index (χ4n) is 3.04. The van der Waals surface area contributed by atoms with Crippen molar-refractivity contribution < 1.29 is 28.3 Å². The largest absolute Gasteiger partial charge is 0.493 e. The molecule has 0 saturated heterocycles. The van der Waals surface area contributed by atoms with Gasteiger partial charge in [0, 0.05) is 6.42 Å². The summed E-state index contributed by atoms with van der Waals surface area (Å²) in [7, 11) is 1.50. The maximum atomic E-state index is 12.4. The van der Waals surface area contributed by atoms with Crippen LogP contribution in [0.3, 0.4) is 0 Å². The van der Waals surface area contributed by atoms with Crippen molar-refractivity contribution >= 4 is 11.8 Å². The minimum absolute atomic E-state index is 0.0130. The second kappa shape index (κ2) is 8.24. The highest BCUT2D eigenvalue weighted by atomic mass is 16.5. The fraction of sp³-hybridized carbons (Fsp3) is 0.450. The van der Waals surface area contributed by atoms with Crippen LogP contribution in [0, 0.1) is 13.8 Å². The number of ether oxygens (including phenoxy) is 3. The third-order valence-corrected chi connectivity index (χ3v) is 4.70. The SMILES string of the molecule is COc1cc(C(=O)O[C@H]2CCCCC2=O)ccc1OCc1c(C)noc1C. The van der Waals surface area contributed by atoms with Gasteiger partial charge in [-0.1, -0.05) is 5.16 Å². The molecule has 1 aliphatic carbocycles. The summed E-state index contributed by atoms with van der Waals surface area (Å²) in [5, 5.41) is 3.89. The number of esters is 1. The Balaban J connectivity index is 1.70. The summed E-state index contributed by atoms with van der Waals surface area (Å²) in [5.74, 6) is 1.05. The fourth-order valence-corrected chi connectivity index (χ4v) is 3.04. The quantitative estimate of drug-likeness (QED) is 0.716. The van der Waals surface area contributed by atoms with Crippen LogP contribution in [-0.4, -0.2) is 30.1 Å². The van der Waals surface area contributed by atoms with E-state index in [0.29, 0.717) is 35.7 Å². The van der Waals surface area contributed by atoms with Crippen LogP contribution in [0.2, 0.25) is 0 Å². The first-order chi connectivity index (χ1) is 13.0. The lowest BCUT2D eigenvalue weighted by atomic mass is 9.96. The van der Waals surface area contributed by atoms with Crippen LogP contribution in [0.5, 0.6) is 11.5 Å². The van der Waals surface area contributed by atoms with Crippen LogP contribution >= 0.6 is 0 Å². The number of nitrogens with zero attached hydrogens (tertiary/aromatic N) is 1. The number of aryl methyl sites for hydroxylation is 2. The van der Waals surface area contributed by atoms with Crippen LogP contribution in [-0.2, 0) is 16.1 Å². The summed E-state index contributed by atoms with van der Waals surface area (Å²) < 4.78 is 21.6. The number of aromatic nitrogens is 1. The first-order valence-corrected chi connectivity index (χ1v) is 8.96. The van der Waals surface area contributed by atoms with E-state index in [1.165, 1.54) is 7.11 Å². The Labute approximate surface area is 157 Å². The third-order valence-electron chi connectivity index (χ3n) is 4.70. The normalized spacial score (nSPS) is 16.9. The third kappa shape index (κ3) is 4.30. The Morgan fingerprint density at radius 2 is 2.07 bits per heavy atom. The Morgan fingerprint density at radius 3 is 2.74 bits per heavy atom. The van der Waals surface area contributed by atoms with E-state index < -0.39 is 12.1 Å². The average Bonchev–Trinajstić information content (AvgIpc) is 2.99. The molecule has 1 atom stereocenters.